The summed E-state index contributed by atoms with van der Waals surface area (Å²) in [5, 5.41) is 6.01. The lowest BCUT2D eigenvalue weighted by molar-refractivity contribution is -0.114. The number of aryl methyl sites for hydroxylation is 3. The molecule has 23 heavy (non-hydrogen) atoms. The van der Waals surface area contributed by atoms with Crippen molar-refractivity contribution in [1.29, 1.82) is 0 Å². The summed E-state index contributed by atoms with van der Waals surface area (Å²) in [6.45, 7) is 7.72. The molecule has 0 fully saturated rings. The van der Waals surface area contributed by atoms with Gasteiger partial charge in [-0.05, 0) is 63.1 Å². The van der Waals surface area contributed by atoms with Crippen LogP contribution in [0.4, 0.5) is 11.4 Å². The number of nitrogens with one attached hydrogen (secondary N) is 2. The molecular weight excluding hydrogens is 288 g/mol. The number of Topliss-reactive ketones (excluding diaryl/α,β-unsaturated/α-hetero) is 1. The minimum absolute atomic E-state index is 0.0274. The molecule has 0 atom stereocenters. The lowest BCUT2D eigenvalue weighted by Crippen LogP contribution is -2.22. The largest absolute Gasteiger partial charge is 0.376 e. The Labute approximate surface area is 136 Å². The van der Waals surface area contributed by atoms with Crippen LogP contribution in [0.1, 0.15) is 34.0 Å². The van der Waals surface area contributed by atoms with Crippen LogP contribution in [0, 0.1) is 20.8 Å². The zero-order valence-electron chi connectivity index (χ0n) is 14.0. The van der Waals surface area contributed by atoms with E-state index in [-0.39, 0.29) is 18.2 Å². The van der Waals surface area contributed by atoms with E-state index in [0.29, 0.717) is 5.56 Å². The lowest BCUT2D eigenvalue weighted by atomic mass is 10.1. The molecule has 2 aromatic carbocycles. The van der Waals surface area contributed by atoms with E-state index < -0.39 is 0 Å². The average Bonchev–Trinajstić information content (AvgIpc) is 2.49. The highest BCUT2D eigenvalue weighted by molar-refractivity contribution is 5.96. The van der Waals surface area contributed by atoms with E-state index in [0.717, 1.165) is 22.5 Å². The monoisotopic (exact) mass is 310 g/mol. The third kappa shape index (κ3) is 4.42. The van der Waals surface area contributed by atoms with Gasteiger partial charge < -0.3 is 10.6 Å². The van der Waals surface area contributed by atoms with Gasteiger partial charge in [0.05, 0.1) is 6.54 Å². The molecule has 0 aromatic heterocycles. The summed E-state index contributed by atoms with van der Waals surface area (Å²) < 4.78 is 0. The summed E-state index contributed by atoms with van der Waals surface area (Å²) in [6.07, 6.45) is 0. The molecule has 0 saturated carbocycles. The SMILES string of the molecule is CC(=O)c1ccc(NCC(=O)Nc2c(C)cc(C)cc2C)cc1. The normalized spacial score (nSPS) is 10.3. The van der Waals surface area contributed by atoms with Crippen molar-refractivity contribution in [1.82, 2.24) is 0 Å². The Morgan fingerprint density at radius 3 is 2.04 bits per heavy atom. The van der Waals surface area contributed by atoms with Gasteiger partial charge in [0.15, 0.2) is 5.78 Å². The number of rotatable bonds is 5. The standard InChI is InChI=1S/C19H22N2O2/c1-12-9-13(2)19(14(3)10-12)21-18(23)11-20-17-7-5-16(6-8-17)15(4)22/h5-10,20H,11H2,1-4H3,(H,21,23). The molecule has 0 unspecified atom stereocenters. The van der Waals surface area contributed by atoms with E-state index in [9.17, 15) is 9.59 Å². The van der Waals surface area contributed by atoms with Gasteiger partial charge in [-0.25, -0.2) is 0 Å². The van der Waals surface area contributed by atoms with Crippen LogP contribution in [0.5, 0.6) is 0 Å². The Bertz CT molecular complexity index is 711. The quantitative estimate of drug-likeness (QED) is 0.824. The Morgan fingerprint density at radius 2 is 1.52 bits per heavy atom. The minimum atomic E-state index is -0.101. The van der Waals surface area contributed by atoms with Gasteiger partial charge in [-0.1, -0.05) is 17.7 Å². The lowest BCUT2D eigenvalue weighted by Gasteiger charge is -2.13. The van der Waals surface area contributed by atoms with Gasteiger partial charge in [-0.15, -0.1) is 0 Å². The van der Waals surface area contributed by atoms with Gasteiger partial charge in [0.1, 0.15) is 0 Å². The number of carbonyl (C=O) groups excluding carboxylic acids is 2. The molecule has 4 heteroatoms. The molecule has 4 nitrogen and oxygen atoms in total. The van der Waals surface area contributed by atoms with E-state index in [1.807, 2.05) is 20.8 Å². The molecule has 0 aliphatic carbocycles. The first-order valence-corrected chi connectivity index (χ1v) is 7.59. The molecule has 2 aromatic rings. The van der Waals surface area contributed by atoms with Crippen LogP contribution in [-0.4, -0.2) is 18.2 Å². The smallest absolute Gasteiger partial charge is 0.243 e. The fourth-order valence-corrected chi connectivity index (χ4v) is 2.57. The van der Waals surface area contributed by atoms with Crippen molar-refractivity contribution >= 4 is 23.1 Å². The topological polar surface area (TPSA) is 58.2 Å². The van der Waals surface area contributed by atoms with Gasteiger partial charge in [0.2, 0.25) is 5.91 Å². The van der Waals surface area contributed by atoms with Gasteiger partial charge in [0.25, 0.3) is 0 Å². The predicted octanol–water partition coefficient (Wildman–Crippen LogP) is 3.87. The number of hydrogen-bond donors (Lipinski definition) is 2. The van der Waals surface area contributed by atoms with Gasteiger partial charge >= 0.3 is 0 Å². The maximum absolute atomic E-state index is 12.1. The second-order valence-electron chi connectivity index (χ2n) is 5.81. The molecule has 0 aliphatic rings. The highest BCUT2D eigenvalue weighted by Crippen LogP contribution is 2.21. The van der Waals surface area contributed by atoms with Crippen LogP contribution in [-0.2, 0) is 4.79 Å². The fourth-order valence-electron chi connectivity index (χ4n) is 2.57. The molecule has 2 rings (SSSR count). The fraction of sp³-hybridized carbons (Fsp3) is 0.263. The summed E-state index contributed by atoms with van der Waals surface area (Å²) in [7, 11) is 0. The molecule has 0 radical (unpaired) electrons. The van der Waals surface area contributed by atoms with Crippen molar-refractivity contribution in [2.45, 2.75) is 27.7 Å². The van der Waals surface area contributed by atoms with E-state index in [1.54, 1.807) is 24.3 Å². The minimum Gasteiger partial charge on any atom is -0.376 e. The van der Waals surface area contributed by atoms with E-state index in [1.165, 1.54) is 12.5 Å². The number of benzene rings is 2. The summed E-state index contributed by atoms with van der Waals surface area (Å²) in [5.74, 6) is -0.0738. The van der Waals surface area contributed by atoms with Gasteiger partial charge in [0, 0.05) is 16.9 Å². The molecule has 0 heterocycles. The number of anilines is 2. The number of amides is 1. The zero-order valence-corrected chi connectivity index (χ0v) is 14.0. The van der Waals surface area contributed by atoms with Crippen LogP contribution in [0.2, 0.25) is 0 Å². The van der Waals surface area contributed by atoms with Crippen LogP contribution >= 0.6 is 0 Å². The average molecular weight is 310 g/mol. The van der Waals surface area contributed by atoms with Gasteiger partial charge in [-0.3, -0.25) is 9.59 Å². The molecule has 0 saturated heterocycles. The predicted molar refractivity (Wildman–Crippen MR) is 94.2 cm³/mol. The summed E-state index contributed by atoms with van der Waals surface area (Å²) in [6, 6.07) is 11.2. The molecule has 120 valence electrons. The maximum Gasteiger partial charge on any atom is 0.243 e. The molecule has 0 spiro atoms. The summed E-state index contributed by atoms with van der Waals surface area (Å²) >= 11 is 0. The first kappa shape index (κ1) is 16.7. The van der Waals surface area contributed by atoms with Crippen molar-refractivity contribution in [3.63, 3.8) is 0 Å². The zero-order chi connectivity index (χ0) is 17.0. The molecule has 2 N–H and O–H groups in total. The number of hydrogen-bond acceptors (Lipinski definition) is 3. The first-order valence-electron chi connectivity index (χ1n) is 7.59. The Balaban J connectivity index is 1.96. The molecular formula is C19H22N2O2. The molecule has 0 aliphatic heterocycles. The maximum atomic E-state index is 12.1. The Kier molecular flexibility index (Phi) is 5.16. The van der Waals surface area contributed by atoms with Crippen molar-refractivity contribution < 1.29 is 9.59 Å². The number of carbonyl (C=O) groups is 2. The highest BCUT2D eigenvalue weighted by atomic mass is 16.2. The van der Waals surface area contributed by atoms with E-state index in [4.69, 9.17) is 0 Å². The van der Waals surface area contributed by atoms with Crippen molar-refractivity contribution in [3.8, 4) is 0 Å². The van der Waals surface area contributed by atoms with Crippen molar-refractivity contribution in [3.05, 3.63) is 58.7 Å². The second kappa shape index (κ2) is 7.09. The first-order chi connectivity index (χ1) is 10.9. The van der Waals surface area contributed by atoms with Crippen molar-refractivity contribution in [2.75, 3.05) is 17.2 Å². The third-order valence-electron chi connectivity index (χ3n) is 3.69. The van der Waals surface area contributed by atoms with Crippen LogP contribution in [0.3, 0.4) is 0 Å². The second-order valence-corrected chi connectivity index (χ2v) is 5.81. The van der Waals surface area contributed by atoms with Crippen LogP contribution in [0.15, 0.2) is 36.4 Å². The number of ketones is 1. The summed E-state index contributed by atoms with van der Waals surface area (Å²) in [5.41, 5.74) is 5.63. The van der Waals surface area contributed by atoms with E-state index >= 15 is 0 Å². The Morgan fingerprint density at radius 1 is 0.957 bits per heavy atom. The molecule has 0 bridgehead atoms. The van der Waals surface area contributed by atoms with E-state index in [2.05, 4.69) is 22.8 Å². The highest BCUT2D eigenvalue weighted by Gasteiger charge is 2.08. The van der Waals surface area contributed by atoms with Crippen molar-refractivity contribution in [2.24, 2.45) is 0 Å². The summed E-state index contributed by atoms with van der Waals surface area (Å²) in [4.78, 5) is 23.4. The molecule has 1 amide bonds. The van der Waals surface area contributed by atoms with Crippen LogP contribution < -0.4 is 10.6 Å². The Hall–Kier alpha value is -2.62. The van der Waals surface area contributed by atoms with Crippen LogP contribution in [0.25, 0.3) is 0 Å². The van der Waals surface area contributed by atoms with Gasteiger partial charge in [-0.2, -0.15) is 0 Å². The third-order valence-corrected chi connectivity index (χ3v) is 3.69.